The minimum Gasteiger partial charge on any atom is -0.350 e. The summed E-state index contributed by atoms with van der Waals surface area (Å²) >= 11 is 0. The molecule has 1 aliphatic rings. The largest absolute Gasteiger partial charge is 0.350 e. The van der Waals surface area contributed by atoms with Crippen LogP contribution >= 0.6 is 0 Å². The highest BCUT2D eigenvalue weighted by molar-refractivity contribution is 6.02. The number of aromatic nitrogens is 2. The lowest BCUT2D eigenvalue weighted by atomic mass is 10.0. The average molecular weight is 289 g/mol. The Morgan fingerprint density at radius 3 is 2.90 bits per heavy atom. The van der Waals surface area contributed by atoms with Crippen LogP contribution in [0.2, 0.25) is 0 Å². The molecule has 0 bridgehead atoms. The molecule has 1 fully saturated rings. The van der Waals surface area contributed by atoms with Crippen LogP contribution in [0.15, 0.2) is 6.20 Å². The molecule has 1 heterocycles. The lowest BCUT2D eigenvalue weighted by molar-refractivity contribution is -0.117. The number of nitrogens with zero attached hydrogens (tertiary/aromatic N) is 2. The first-order valence-corrected chi connectivity index (χ1v) is 7.19. The zero-order chi connectivity index (χ0) is 15.1. The molecule has 0 saturated heterocycles. The fraction of sp³-hybridized carbons (Fsp3) is 0.571. The molecule has 0 aliphatic heterocycles. The Morgan fingerprint density at radius 2 is 2.19 bits per heavy atom. The van der Waals surface area contributed by atoms with E-state index >= 15 is 0 Å². The van der Waals surface area contributed by atoms with E-state index in [0.717, 1.165) is 12.8 Å². The van der Waals surface area contributed by atoms with Crippen molar-refractivity contribution in [3.63, 3.8) is 0 Å². The van der Waals surface area contributed by atoms with E-state index in [4.69, 9.17) is 5.26 Å². The van der Waals surface area contributed by atoms with E-state index in [9.17, 15) is 9.59 Å². The number of amides is 2. The molecule has 1 aliphatic carbocycles. The molecule has 0 spiro atoms. The molecule has 0 radical (unpaired) electrons. The molecular weight excluding hydrogens is 270 g/mol. The summed E-state index contributed by atoms with van der Waals surface area (Å²) in [7, 11) is 0. The second-order valence-electron chi connectivity index (χ2n) is 5.23. The fourth-order valence-electron chi connectivity index (χ4n) is 2.55. The predicted octanol–water partition coefficient (Wildman–Crippen LogP) is 1.57. The minimum atomic E-state index is -0.376. The third-order valence-corrected chi connectivity index (χ3v) is 3.61. The van der Waals surface area contributed by atoms with Crippen LogP contribution in [0.25, 0.3) is 0 Å². The highest BCUT2D eigenvalue weighted by atomic mass is 16.2. The molecule has 0 aromatic carbocycles. The van der Waals surface area contributed by atoms with Gasteiger partial charge in [0.05, 0.1) is 24.4 Å². The number of H-pyrrole nitrogens is 1. The van der Waals surface area contributed by atoms with Gasteiger partial charge in [-0.25, -0.2) is 0 Å². The first-order chi connectivity index (χ1) is 10.2. The van der Waals surface area contributed by atoms with Gasteiger partial charge in [0, 0.05) is 13.0 Å². The van der Waals surface area contributed by atoms with E-state index in [1.165, 1.54) is 19.0 Å². The van der Waals surface area contributed by atoms with Gasteiger partial charge in [-0.05, 0) is 18.8 Å². The molecule has 0 unspecified atom stereocenters. The van der Waals surface area contributed by atoms with Gasteiger partial charge in [0.15, 0.2) is 0 Å². The van der Waals surface area contributed by atoms with Crippen LogP contribution in [0.5, 0.6) is 0 Å². The number of rotatable bonds is 6. The Hall–Kier alpha value is -2.36. The zero-order valence-corrected chi connectivity index (χ0v) is 11.8. The van der Waals surface area contributed by atoms with Gasteiger partial charge in [-0.3, -0.25) is 14.7 Å². The van der Waals surface area contributed by atoms with Crippen molar-refractivity contribution in [1.82, 2.24) is 15.5 Å². The average Bonchev–Trinajstić information content (AvgIpc) is 3.10. The van der Waals surface area contributed by atoms with E-state index in [0.29, 0.717) is 18.0 Å². The second kappa shape index (κ2) is 7.43. The monoisotopic (exact) mass is 289 g/mol. The smallest absolute Gasteiger partial charge is 0.271 e. The molecule has 0 atom stereocenters. The van der Waals surface area contributed by atoms with Crippen molar-refractivity contribution in [1.29, 1.82) is 5.26 Å². The van der Waals surface area contributed by atoms with Gasteiger partial charge < -0.3 is 10.6 Å². The molecule has 1 aromatic rings. The predicted molar refractivity (Wildman–Crippen MR) is 76.4 cm³/mol. The molecule has 1 saturated carbocycles. The van der Waals surface area contributed by atoms with Crippen LogP contribution in [0.4, 0.5) is 5.69 Å². The second-order valence-corrected chi connectivity index (χ2v) is 5.23. The summed E-state index contributed by atoms with van der Waals surface area (Å²) in [5.74, 6) is -0.0157. The van der Waals surface area contributed by atoms with Gasteiger partial charge in [-0.15, -0.1) is 0 Å². The lowest BCUT2D eigenvalue weighted by Crippen LogP contribution is -2.26. The van der Waals surface area contributed by atoms with Gasteiger partial charge in [0.25, 0.3) is 5.91 Å². The van der Waals surface area contributed by atoms with Crippen molar-refractivity contribution >= 4 is 17.5 Å². The molecular formula is C14H19N5O2. The topological polar surface area (TPSA) is 111 Å². The van der Waals surface area contributed by atoms with Crippen LogP contribution in [-0.4, -0.2) is 28.6 Å². The number of aromatic amines is 1. The maximum absolute atomic E-state index is 12.0. The number of nitrogens with one attached hydrogen (secondary N) is 3. The fourth-order valence-corrected chi connectivity index (χ4v) is 2.55. The summed E-state index contributed by atoms with van der Waals surface area (Å²) in [6, 6.07) is 1.95. The summed E-state index contributed by atoms with van der Waals surface area (Å²) < 4.78 is 0. The quantitative estimate of drug-likeness (QED) is 0.690. The SMILES string of the molecule is N#CCCNC(=O)c1[nH]ncc1NC(=O)CC1CCCC1. The molecule has 2 rings (SSSR count). The zero-order valence-electron chi connectivity index (χ0n) is 11.8. The minimum absolute atomic E-state index is 0.0885. The normalized spacial score (nSPS) is 14.6. The Morgan fingerprint density at radius 1 is 1.43 bits per heavy atom. The third kappa shape index (κ3) is 4.31. The number of carbonyl (C=O) groups excluding carboxylic acids is 2. The van der Waals surface area contributed by atoms with Crippen LogP contribution in [0, 0.1) is 17.2 Å². The van der Waals surface area contributed by atoms with Crippen LogP contribution in [0.1, 0.15) is 49.0 Å². The molecule has 21 heavy (non-hydrogen) atoms. The van der Waals surface area contributed by atoms with E-state index in [1.807, 2.05) is 6.07 Å². The molecule has 1 aromatic heterocycles. The maximum Gasteiger partial charge on any atom is 0.271 e. The van der Waals surface area contributed by atoms with Gasteiger partial charge in [0.1, 0.15) is 5.69 Å². The van der Waals surface area contributed by atoms with E-state index in [-0.39, 0.29) is 30.5 Å². The number of anilines is 1. The van der Waals surface area contributed by atoms with Gasteiger partial charge >= 0.3 is 0 Å². The van der Waals surface area contributed by atoms with E-state index in [1.54, 1.807) is 0 Å². The maximum atomic E-state index is 12.0. The van der Waals surface area contributed by atoms with Crippen molar-refractivity contribution in [3.8, 4) is 6.07 Å². The third-order valence-electron chi connectivity index (χ3n) is 3.61. The Labute approximate surface area is 123 Å². The van der Waals surface area contributed by atoms with Gasteiger partial charge in [-0.1, -0.05) is 12.8 Å². The Kier molecular flexibility index (Phi) is 5.32. The Balaban J connectivity index is 1.88. The van der Waals surface area contributed by atoms with Crippen LogP contribution in [-0.2, 0) is 4.79 Å². The van der Waals surface area contributed by atoms with Crippen LogP contribution in [0.3, 0.4) is 0 Å². The standard InChI is InChI=1S/C14H19N5O2/c15-6-3-7-16-14(21)13-11(9-17-19-13)18-12(20)8-10-4-1-2-5-10/h9-10H,1-5,7-8H2,(H,16,21)(H,17,19)(H,18,20). The van der Waals surface area contributed by atoms with Crippen molar-refractivity contribution in [3.05, 3.63) is 11.9 Å². The first-order valence-electron chi connectivity index (χ1n) is 7.19. The molecule has 7 heteroatoms. The van der Waals surface area contributed by atoms with E-state index < -0.39 is 0 Å². The van der Waals surface area contributed by atoms with Crippen LogP contribution < -0.4 is 10.6 Å². The number of nitriles is 1. The molecule has 112 valence electrons. The lowest BCUT2D eigenvalue weighted by Gasteiger charge is -2.09. The highest BCUT2D eigenvalue weighted by Gasteiger charge is 2.20. The van der Waals surface area contributed by atoms with Crippen molar-refractivity contribution in [2.45, 2.75) is 38.5 Å². The molecule has 7 nitrogen and oxygen atoms in total. The van der Waals surface area contributed by atoms with Gasteiger partial charge in [0.2, 0.25) is 5.91 Å². The summed E-state index contributed by atoms with van der Waals surface area (Å²) in [4.78, 5) is 23.9. The summed E-state index contributed by atoms with van der Waals surface area (Å²) in [6.45, 7) is 0.268. The highest BCUT2D eigenvalue weighted by Crippen LogP contribution is 2.27. The molecule has 2 amide bonds. The molecule has 3 N–H and O–H groups in total. The summed E-state index contributed by atoms with van der Waals surface area (Å²) in [5, 5.41) is 20.1. The summed E-state index contributed by atoms with van der Waals surface area (Å²) in [5.41, 5.74) is 0.597. The van der Waals surface area contributed by atoms with Crippen molar-refractivity contribution in [2.24, 2.45) is 5.92 Å². The van der Waals surface area contributed by atoms with Gasteiger partial charge in [-0.2, -0.15) is 10.4 Å². The van der Waals surface area contributed by atoms with Crippen molar-refractivity contribution < 1.29 is 9.59 Å². The first kappa shape index (κ1) is 15.0. The number of hydrogen-bond acceptors (Lipinski definition) is 4. The number of carbonyl (C=O) groups is 2. The summed E-state index contributed by atoms with van der Waals surface area (Å²) in [6.07, 6.45) is 6.72. The van der Waals surface area contributed by atoms with Crippen molar-refractivity contribution in [2.75, 3.05) is 11.9 Å². The Bertz CT molecular complexity index is 540. The number of hydrogen-bond donors (Lipinski definition) is 3. The van der Waals surface area contributed by atoms with E-state index in [2.05, 4.69) is 20.8 Å².